The summed E-state index contributed by atoms with van der Waals surface area (Å²) >= 11 is 0. The number of hydrogen-bond donors (Lipinski definition) is 0. The molecule has 0 rings (SSSR count). The van der Waals surface area contributed by atoms with Gasteiger partial charge < -0.3 is 9.47 Å². The van der Waals surface area contributed by atoms with Crippen LogP contribution < -0.4 is 0 Å². The Hall–Kier alpha value is -1.32. The van der Waals surface area contributed by atoms with Gasteiger partial charge in [0.15, 0.2) is 0 Å². The molecule has 152 valence electrons. The standard InChI is InChI=1S/C22H40O4/c1-7-9-11-19(15-17(3)4)25-21(23)13-14-22(24)26-20(12-10-8-2)16-18(5)6/h13-14,17-20H,7-12,15-16H2,1-6H3. The smallest absolute Gasteiger partial charge is 0.331 e. The molecule has 0 N–H and O–H groups in total. The van der Waals surface area contributed by atoms with Gasteiger partial charge in [-0.15, -0.1) is 0 Å². The van der Waals surface area contributed by atoms with Gasteiger partial charge in [0.2, 0.25) is 0 Å². The van der Waals surface area contributed by atoms with Gasteiger partial charge in [-0.05, 0) is 37.5 Å². The molecule has 0 spiro atoms. The highest BCUT2D eigenvalue weighted by molar-refractivity contribution is 5.91. The summed E-state index contributed by atoms with van der Waals surface area (Å²) in [6.45, 7) is 12.7. The number of carbonyl (C=O) groups excluding carboxylic acids is 2. The summed E-state index contributed by atoms with van der Waals surface area (Å²) < 4.78 is 11.0. The first-order chi connectivity index (χ1) is 12.3. The van der Waals surface area contributed by atoms with E-state index in [1.807, 2.05) is 0 Å². The van der Waals surface area contributed by atoms with E-state index in [2.05, 4.69) is 41.5 Å². The van der Waals surface area contributed by atoms with Gasteiger partial charge >= 0.3 is 11.9 Å². The van der Waals surface area contributed by atoms with Gasteiger partial charge in [-0.1, -0.05) is 67.2 Å². The topological polar surface area (TPSA) is 52.6 Å². The first-order valence-electron chi connectivity index (χ1n) is 10.4. The predicted octanol–water partition coefficient (Wildman–Crippen LogP) is 5.84. The van der Waals surface area contributed by atoms with Crippen molar-refractivity contribution in [2.75, 3.05) is 0 Å². The van der Waals surface area contributed by atoms with Gasteiger partial charge in [-0.3, -0.25) is 0 Å². The minimum atomic E-state index is -0.460. The molecule has 0 radical (unpaired) electrons. The largest absolute Gasteiger partial charge is 0.459 e. The molecule has 0 saturated carbocycles. The fourth-order valence-electron chi connectivity index (χ4n) is 2.91. The molecule has 0 aromatic rings. The third-order valence-electron chi connectivity index (χ3n) is 4.15. The van der Waals surface area contributed by atoms with E-state index in [-0.39, 0.29) is 12.2 Å². The van der Waals surface area contributed by atoms with Gasteiger partial charge in [0.25, 0.3) is 0 Å². The maximum atomic E-state index is 12.0. The Morgan fingerprint density at radius 2 is 1.08 bits per heavy atom. The van der Waals surface area contributed by atoms with Crippen LogP contribution in [0.3, 0.4) is 0 Å². The molecule has 0 aliphatic heterocycles. The van der Waals surface area contributed by atoms with Crippen molar-refractivity contribution in [3.8, 4) is 0 Å². The van der Waals surface area contributed by atoms with E-state index in [0.29, 0.717) is 11.8 Å². The molecule has 0 aromatic carbocycles. The Labute approximate surface area is 160 Å². The molecule has 0 aliphatic carbocycles. The normalized spacial score (nSPS) is 14.0. The van der Waals surface area contributed by atoms with Crippen LogP contribution in [0.2, 0.25) is 0 Å². The summed E-state index contributed by atoms with van der Waals surface area (Å²) in [6.07, 6.45) is 9.87. The van der Waals surface area contributed by atoms with Crippen molar-refractivity contribution < 1.29 is 19.1 Å². The molecule has 26 heavy (non-hydrogen) atoms. The Balaban J connectivity index is 4.53. The zero-order chi connectivity index (χ0) is 19.9. The quantitative estimate of drug-likeness (QED) is 0.285. The molecule has 0 aromatic heterocycles. The molecule has 0 aliphatic rings. The molecule has 4 heteroatoms. The summed E-state index contributed by atoms with van der Waals surface area (Å²) in [7, 11) is 0. The second kappa shape index (κ2) is 14.8. The monoisotopic (exact) mass is 368 g/mol. The summed E-state index contributed by atoms with van der Waals surface area (Å²) in [5.41, 5.74) is 0. The van der Waals surface area contributed by atoms with Crippen LogP contribution in [-0.4, -0.2) is 24.1 Å². The number of hydrogen-bond acceptors (Lipinski definition) is 4. The second-order valence-corrected chi connectivity index (χ2v) is 7.99. The molecule has 2 atom stereocenters. The Morgan fingerprint density at radius 3 is 1.35 bits per heavy atom. The van der Waals surface area contributed by atoms with Crippen LogP contribution >= 0.6 is 0 Å². The highest BCUT2D eigenvalue weighted by atomic mass is 16.5. The van der Waals surface area contributed by atoms with Crippen LogP contribution in [0.4, 0.5) is 0 Å². The van der Waals surface area contributed by atoms with Crippen molar-refractivity contribution in [3.05, 3.63) is 12.2 Å². The minimum absolute atomic E-state index is 0.0821. The lowest BCUT2D eigenvalue weighted by molar-refractivity contribution is -0.147. The van der Waals surface area contributed by atoms with E-state index in [4.69, 9.17) is 9.47 Å². The van der Waals surface area contributed by atoms with E-state index >= 15 is 0 Å². The molecule has 0 heterocycles. The maximum absolute atomic E-state index is 12.0. The average Bonchev–Trinajstić information content (AvgIpc) is 2.54. The van der Waals surface area contributed by atoms with Gasteiger partial charge in [-0.25, -0.2) is 9.59 Å². The van der Waals surface area contributed by atoms with E-state index < -0.39 is 11.9 Å². The van der Waals surface area contributed by atoms with Crippen LogP contribution in [0.5, 0.6) is 0 Å². The highest BCUT2D eigenvalue weighted by Crippen LogP contribution is 2.16. The van der Waals surface area contributed by atoms with E-state index in [1.54, 1.807) is 0 Å². The van der Waals surface area contributed by atoms with Crippen molar-refractivity contribution in [1.29, 1.82) is 0 Å². The van der Waals surface area contributed by atoms with E-state index in [1.165, 1.54) is 12.2 Å². The third-order valence-corrected chi connectivity index (χ3v) is 4.15. The molecule has 0 saturated heterocycles. The van der Waals surface area contributed by atoms with E-state index in [0.717, 1.165) is 51.4 Å². The van der Waals surface area contributed by atoms with Gasteiger partial charge in [0.1, 0.15) is 12.2 Å². The number of rotatable bonds is 14. The lowest BCUT2D eigenvalue weighted by Crippen LogP contribution is -2.20. The van der Waals surface area contributed by atoms with Crippen LogP contribution in [0.15, 0.2) is 12.2 Å². The number of esters is 2. The summed E-state index contributed by atoms with van der Waals surface area (Å²) in [5.74, 6) is 0.0123. The Kier molecular flexibility index (Phi) is 14.1. The van der Waals surface area contributed by atoms with Gasteiger partial charge in [0.05, 0.1) is 0 Å². The zero-order valence-corrected chi connectivity index (χ0v) is 17.8. The summed E-state index contributed by atoms with van der Waals surface area (Å²) in [4.78, 5) is 24.0. The minimum Gasteiger partial charge on any atom is -0.459 e. The summed E-state index contributed by atoms with van der Waals surface area (Å²) in [6, 6.07) is 0. The van der Waals surface area contributed by atoms with Crippen molar-refractivity contribution in [2.45, 2.75) is 105 Å². The van der Waals surface area contributed by atoms with Crippen LogP contribution in [0.1, 0.15) is 92.9 Å². The Morgan fingerprint density at radius 1 is 0.731 bits per heavy atom. The van der Waals surface area contributed by atoms with Crippen molar-refractivity contribution >= 4 is 11.9 Å². The predicted molar refractivity (Wildman–Crippen MR) is 107 cm³/mol. The lowest BCUT2D eigenvalue weighted by atomic mass is 10.0. The molecule has 2 unspecified atom stereocenters. The van der Waals surface area contributed by atoms with Crippen LogP contribution in [0, 0.1) is 11.8 Å². The molecule has 0 amide bonds. The highest BCUT2D eigenvalue weighted by Gasteiger charge is 2.16. The lowest BCUT2D eigenvalue weighted by Gasteiger charge is -2.19. The molecule has 4 nitrogen and oxygen atoms in total. The fourth-order valence-corrected chi connectivity index (χ4v) is 2.91. The number of ether oxygens (including phenoxy) is 2. The van der Waals surface area contributed by atoms with Crippen molar-refractivity contribution in [1.82, 2.24) is 0 Å². The van der Waals surface area contributed by atoms with E-state index in [9.17, 15) is 9.59 Å². The number of carbonyl (C=O) groups is 2. The van der Waals surface area contributed by atoms with Crippen LogP contribution in [0.25, 0.3) is 0 Å². The molecule has 0 fully saturated rings. The molecular weight excluding hydrogens is 328 g/mol. The van der Waals surface area contributed by atoms with Crippen molar-refractivity contribution in [2.24, 2.45) is 11.8 Å². The van der Waals surface area contributed by atoms with Gasteiger partial charge in [0, 0.05) is 12.2 Å². The first-order valence-corrected chi connectivity index (χ1v) is 10.4. The Bertz CT molecular complexity index is 374. The zero-order valence-electron chi connectivity index (χ0n) is 17.8. The third kappa shape index (κ3) is 13.9. The molecule has 0 bridgehead atoms. The second-order valence-electron chi connectivity index (χ2n) is 7.99. The average molecular weight is 369 g/mol. The van der Waals surface area contributed by atoms with Crippen molar-refractivity contribution in [3.63, 3.8) is 0 Å². The fraction of sp³-hybridized carbons (Fsp3) is 0.818. The SMILES string of the molecule is CCCCC(CC(C)C)OC(=O)C=CC(=O)OC(CCCC)CC(C)C. The summed E-state index contributed by atoms with van der Waals surface area (Å²) in [5, 5.41) is 0. The molecular formula is C22H40O4. The number of unbranched alkanes of at least 4 members (excludes halogenated alkanes) is 2. The van der Waals surface area contributed by atoms with Gasteiger partial charge in [-0.2, -0.15) is 0 Å². The first kappa shape index (κ1) is 24.7. The maximum Gasteiger partial charge on any atom is 0.331 e. The van der Waals surface area contributed by atoms with Crippen LogP contribution in [-0.2, 0) is 19.1 Å².